The molecule has 2 heterocycles. The molecule has 0 saturated carbocycles. The van der Waals surface area contributed by atoms with Gasteiger partial charge in [0.25, 0.3) is 0 Å². The van der Waals surface area contributed by atoms with Gasteiger partial charge in [0.15, 0.2) is 6.73 Å². The number of anilines is 1. The molecule has 5 rings (SSSR count). The van der Waals surface area contributed by atoms with Crippen LogP contribution < -0.4 is 15.3 Å². The number of aryl methyl sites for hydroxylation is 1. The molecule has 3 aromatic carbocycles. The average molecular weight is 383 g/mol. The van der Waals surface area contributed by atoms with Crippen molar-refractivity contribution in [3.63, 3.8) is 0 Å². The molecule has 0 fully saturated rings. The van der Waals surface area contributed by atoms with Gasteiger partial charge in [-0.1, -0.05) is 49.4 Å². The molecule has 0 aliphatic carbocycles. The molecule has 0 spiro atoms. The van der Waals surface area contributed by atoms with Crippen LogP contribution in [0.1, 0.15) is 18.1 Å². The molecular formula is C25H21NO3. The molecule has 1 aliphatic heterocycles. The van der Waals surface area contributed by atoms with E-state index in [-0.39, 0.29) is 5.63 Å². The summed E-state index contributed by atoms with van der Waals surface area (Å²) in [6.45, 7) is 3.24. The number of benzene rings is 3. The van der Waals surface area contributed by atoms with E-state index in [0.717, 1.165) is 39.9 Å². The smallest absolute Gasteiger partial charge is 0.336 e. The Bertz CT molecular complexity index is 1230. The number of ether oxygens (including phenoxy) is 1. The second-order valence-electron chi connectivity index (χ2n) is 7.26. The zero-order valence-electron chi connectivity index (χ0n) is 16.2. The number of fused-ring (bicyclic) bond motifs is 3. The van der Waals surface area contributed by atoms with E-state index in [2.05, 4.69) is 36.1 Å². The monoisotopic (exact) mass is 383 g/mol. The van der Waals surface area contributed by atoms with Crippen molar-refractivity contribution in [2.75, 3.05) is 11.6 Å². The van der Waals surface area contributed by atoms with Crippen molar-refractivity contribution in [2.24, 2.45) is 0 Å². The van der Waals surface area contributed by atoms with E-state index in [4.69, 9.17) is 9.15 Å². The van der Waals surface area contributed by atoms with Gasteiger partial charge in [0.2, 0.25) is 0 Å². The van der Waals surface area contributed by atoms with E-state index in [0.29, 0.717) is 18.9 Å². The van der Waals surface area contributed by atoms with Crippen LogP contribution in [0.5, 0.6) is 5.75 Å². The van der Waals surface area contributed by atoms with E-state index >= 15 is 0 Å². The van der Waals surface area contributed by atoms with Gasteiger partial charge in [-0.15, -0.1) is 0 Å². The maximum Gasteiger partial charge on any atom is 0.336 e. The van der Waals surface area contributed by atoms with Gasteiger partial charge in [0.1, 0.15) is 11.3 Å². The summed E-state index contributed by atoms with van der Waals surface area (Å²) in [7, 11) is 0. The van der Waals surface area contributed by atoms with Crippen molar-refractivity contribution in [2.45, 2.75) is 19.9 Å². The van der Waals surface area contributed by atoms with E-state index in [1.807, 2.05) is 42.5 Å². The molecule has 144 valence electrons. The molecule has 0 unspecified atom stereocenters. The first-order chi connectivity index (χ1) is 14.2. The number of hydrogen-bond acceptors (Lipinski definition) is 4. The fourth-order valence-corrected chi connectivity index (χ4v) is 3.90. The Hall–Kier alpha value is -3.53. The summed E-state index contributed by atoms with van der Waals surface area (Å²) in [6, 6.07) is 23.9. The van der Waals surface area contributed by atoms with E-state index in [1.165, 1.54) is 5.56 Å². The van der Waals surface area contributed by atoms with Crippen LogP contribution in [-0.2, 0) is 13.0 Å². The molecule has 4 aromatic rings. The van der Waals surface area contributed by atoms with E-state index in [1.54, 1.807) is 6.07 Å². The van der Waals surface area contributed by atoms with Crippen LogP contribution in [0.15, 0.2) is 82.0 Å². The summed E-state index contributed by atoms with van der Waals surface area (Å²) in [6.07, 6.45) is 1.01. The van der Waals surface area contributed by atoms with Crippen LogP contribution in [0.4, 0.5) is 5.69 Å². The molecule has 29 heavy (non-hydrogen) atoms. The van der Waals surface area contributed by atoms with Gasteiger partial charge < -0.3 is 14.1 Å². The lowest BCUT2D eigenvalue weighted by atomic mass is 9.99. The third-order valence-electron chi connectivity index (χ3n) is 5.49. The number of rotatable bonds is 3. The van der Waals surface area contributed by atoms with Gasteiger partial charge in [-0.05, 0) is 47.4 Å². The van der Waals surface area contributed by atoms with Crippen LogP contribution in [0, 0.1) is 0 Å². The van der Waals surface area contributed by atoms with Gasteiger partial charge in [0.05, 0.1) is 12.1 Å². The topological polar surface area (TPSA) is 42.7 Å². The number of nitrogens with zero attached hydrogens (tertiary/aromatic N) is 1. The molecule has 0 bridgehead atoms. The summed E-state index contributed by atoms with van der Waals surface area (Å²) in [5.41, 5.74) is 5.42. The molecule has 0 amide bonds. The van der Waals surface area contributed by atoms with Gasteiger partial charge in [-0.2, -0.15) is 0 Å². The first kappa shape index (κ1) is 17.6. The SMILES string of the molecule is CCc1ccc(N2COc3ccc4c(-c5ccccc5)cc(=O)oc4c3C2)cc1. The largest absolute Gasteiger partial charge is 0.473 e. The van der Waals surface area contributed by atoms with Crippen LogP contribution in [0.2, 0.25) is 0 Å². The minimum atomic E-state index is -0.353. The third-order valence-corrected chi connectivity index (χ3v) is 5.49. The second kappa shape index (κ2) is 7.13. The third kappa shape index (κ3) is 3.17. The second-order valence-corrected chi connectivity index (χ2v) is 7.26. The predicted octanol–water partition coefficient (Wildman–Crippen LogP) is 5.38. The zero-order chi connectivity index (χ0) is 19.8. The minimum absolute atomic E-state index is 0.353. The molecule has 0 N–H and O–H groups in total. The molecule has 0 radical (unpaired) electrons. The standard InChI is InChI=1S/C25H21NO3/c1-2-17-8-10-19(11-9-17)26-15-22-23(28-16-26)13-12-20-21(14-24(27)29-25(20)22)18-6-4-3-5-7-18/h3-14H,2,15-16H2,1H3. The lowest BCUT2D eigenvalue weighted by Crippen LogP contribution is -2.32. The minimum Gasteiger partial charge on any atom is -0.473 e. The highest BCUT2D eigenvalue weighted by Crippen LogP contribution is 2.37. The summed E-state index contributed by atoms with van der Waals surface area (Å²) >= 11 is 0. The highest BCUT2D eigenvalue weighted by Gasteiger charge is 2.23. The summed E-state index contributed by atoms with van der Waals surface area (Å²) < 4.78 is 11.7. The first-order valence-electron chi connectivity index (χ1n) is 9.85. The number of hydrogen-bond donors (Lipinski definition) is 0. The summed E-state index contributed by atoms with van der Waals surface area (Å²) in [4.78, 5) is 14.5. The average Bonchev–Trinajstić information content (AvgIpc) is 2.79. The van der Waals surface area contributed by atoms with Crippen molar-refractivity contribution < 1.29 is 9.15 Å². The van der Waals surface area contributed by atoms with Gasteiger partial charge >= 0.3 is 5.63 Å². The highest BCUT2D eigenvalue weighted by molar-refractivity contribution is 5.96. The Labute approximate surface area is 169 Å². The van der Waals surface area contributed by atoms with Crippen molar-refractivity contribution >= 4 is 16.7 Å². The summed E-state index contributed by atoms with van der Waals surface area (Å²) in [5, 5.41) is 0.918. The van der Waals surface area contributed by atoms with Crippen molar-refractivity contribution in [3.8, 4) is 16.9 Å². The molecule has 0 atom stereocenters. The lowest BCUT2D eigenvalue weighted by molar-refractivity contribution is 0.289. The molecular weight excluding hydrogens is 362 g/mol. The van der Waals surface area contributed by atoms with E-state index in [9.17, 15) is 4.79 Å². The van der Waals surface area contributed by atoms with Crippen molar-refractivity contribution in [1.82, 2.24) is 0 Å². The van der Waals surface area contributed by atoms with Crippen molar-refractivity contribution in [1.29, 1.82) is 0 Å². The van der Waals surface area contributed by atoms with Crippen molar-refractivity contribution in [3.05, 3.63) is 94.3 Å². The van der Waals surface area contributed by atoms with Crippen LogP contribution >= 0.6 is 0 Å². The quantitative estimate of drug-likeness (QED) is 0.446. The highest BCUT2D eigenvalue weighted by atomic mass is 16.5. The fourth-order valence-electron chi connectivity index (χ4n) is 3.90. The van der Waals surface area contributed by atoms with Gasteiger partial charge in [0, 0.05) is 17.1 Å². The zero-order valence-corrected chi connectivity index (χ0v) is 16.2. The summed E-state index contributed by atoms with van der Waals surface area (Å²) in [5.74, 6) is 0.771. The molecule has 0 saturated heterocycles. The van der Waals surface area contributed by atoms with E-state index < -0.39 is 0 Å². The molecule has 4 heteroatoms. The Morgan fingerprint density at radius 1 is 0.966 bits per heavy atom. The Morgan fingerprint density at radius 2 is 1.76 bits per heavy atom. The van der Waals surface area contributed by atoms with Crippen LogP contribution in [-0.4, -0.2) is 6.73 Å². The molecule has 4 nitrogen and oxygen atoms in total. The van der Waals surface area contributed by atoms with Gasteiger partial charge in [-0.3, -0.25) is 0 Å². The lowest BCUT2D eigenvalue weighted by Gasteiger charge is -2.31. The van der Waals surface area contributed by atoms with Crippen LogP contribution in [0.25, 0.3) is 22.1 Å². The first-order valence-corrected chi connectivity index (χ1v) is 9.85. The predicted molar refractivity (Wildman–Crippen MR) is 115 cm³/mol. The van der Waals surface area contributed by atoms with Crippen LogP contribution in [0.3, 0.4) is 0 Å². The molecule has 1 aromatic heterocycles. The Morgan fingerprint density at radius 3 is 2.52 bits per heavy atom. The molecule has 1 aliphatic rings. The Balaban J connectivity index is 1.62. The fraction of sp³-hybridized carbons (Fsp3) is 0.160. The normalized spacial score (nSPS) is 13.2. The van der Waals surface area contributed by atoms with Gasteiger partial charge in [-0.25, -0.2) is 4.79 Å². The maximum absolute atomic E-state index is 12.4. The Kier molecular flexibility index (Phi) is 4.32. The maximum atomic E-state index is 12.4.